The van der Waals surface area contributed by atoms with E-state index in [9.17, 15) is 13.2 Å². The Balaban J connectivity index is 2.95. The van der Waals surface area contributed by atoms with Crippen molar-refractivity contribution in [2.45, 2.75) is 38.8 Å². The highest BCUT2D eigenvalue weighted by Crippen LogP contribution is 2.26. The predicted octanol–water partition coefficient (Wildman–Crippen LogP) is 4.35. The van der Waals surface area contributed by atoms with Gasteiger partial charge in [0.1, 0.15) is 11.0 Å². The molecule has 1 rings (SSSR count). The SMILES string of the molecule is CC(C)c1nc(CCC(F)(F)F)nc(Cl)c1I. The second-order valence-corrected chi connectivity index (χ2v) is 5.34. The first-order valence-electron chi connectivity index (χ1n) is 4.99. The van der Waals surface area contributed by atoms with E-state index in [4.69, 9.17) is 11.6 Å². The Kier molecular flexibility index (Phi) is 5.00. The summed E-state index contributed by atoms with van der Waals surface area (Å²) in [4.78, 5) is 8.00. The summed E-state index contributed by atoms with van der Waals surface area (Å²) in [5, 5.41) is 0.224. The second-order valence-electron chi connectivity index (χ2n) is 3.90. The minimum absolute atomic E-state index is 0.104. The molecule has 0 radical (unpaired) electrons. The lowest BCUT2D eigenvalue weighted by Crippen LogP contribution is -2.12. The van der Waals surface area contributed by atoms with Crippen molar-refractivity contribution in [1.29, 1.82) is 0 Å². The number of nitrogens with zero attached hydrogens (tertiary/aromatic N) is 2. The van der Waals surface area contributed by atoms with Crippen LogP contribution in [0, 0.1) is 3.57 Å². The highest BCUT2D eigenvalue weighted by molar-refractivity contribution is 14.1. The molecule has 0 fully saturated rings. The molecule has 0 atom stereocenters. The van der Waals surface area contributed by atoms with Gasteiger partial charge in [0.25, 0.3) is 0 Å². The van der Waals surface area contributed by atoms with E-state index >= 15 is 0 Å². The molecule has 1 heterocycles. The summed E-state index contributed by atoms with van der Waals surface area (Å²) in [5.74, 6) is 0.253. The van der Waals surface area contributed by atoms with Crippen molar-refractivity contribution in [3.05, 3.63) is 20.2 Å². The molecule has 0 bridgehead atoms. The summed E-state index contributed by atoms with van der Waals surface area (Å²) in [6, 6.07) is 0. The monoisotopic (exact) mass is 378 g/mol. The maximum absolute atomic E-state index is 12.1. The Morgan fingerprint density at radius 2 is 1.88 bits per heavy atom. The van der Waals surface area contributed by atoms with Gasteiger partial charge in [0.05, 0.1) is 15.7 Å². The van der Waals surface area contributed by atoms with Crippen molar-refractivity contribution in [3.63, 3.8) is 0 Å². The minimum Gasteiger partial charge on any atom is -0.236 e. The number of halogens is 5. The van der Waals surface area contributed by atoms with Gasteiger partial charge in [-0.2, -0.15) is 13.2 Å². The first-order chi connectivity index (χ1) is 7.70. The largest absolute Gasteiger partial charge is 0.389 e. The van der Waals surface area contributed by atoms with Crippen LogP contribution in [0.4, 0.5) is 13.2 Å². The number of alkyl halides is 3. The third kappa shape index (κ3) is 4.57. The standard InChI is InChI=1S/C10H11ClF3IN2/c1-5(2)8-7(15)9(11)17-6(16-8)3-4-10(12,13)14/h5H,3-4H2,1-2H3. The minimum atomic E-state index is -4.20. The van der Waals surface area contributed by atoms with E-state index < -0.39 is 12.6 Å². The van der Waals surface area contributed by atoms with Crippen LogP contribution in [0.25, 0.3) is 0 Å². The third-order valence-corrected chi connectivity index (χ3v) is 3.72. The van der Waals surface area contributed by atoms with Crippen LogP contribution in [-0.4, -0.2) is 16.1 Å². The molecule has 0 saturated carbocycles. The van der Waals surface area contributed by atoms with Gasteiger partial charge in [0.15, 0.2) is 0 Å². The fourth-order valence-electron chi connectivity index (χ4n) is 1.23. The molecule has 17 heavy (non-hydrogen) atoms. The van der Waals surface area contributed by atoms with Crippen LogP contribution in [0.1, 0.15) is 37.7 Å². The average molecular weight is 379 g/mol. The molecule has 0 spiro atoms. The second kappa shape index (κ2) is 5.69. The molecule has 0 unspecified atom stereocenters. The van der Waals surface area contributed by atoms with Crippen molar-refractivity contribution >= 4 is 34.2 Å². The zero-order valence-corrected chi connectivity index (χ0v) is 12.2. The van der Waals surface area contributed by atoms with Gasteiger partial charge in [-0.25, -0.2) is 9.97 Å². The van der Waals surface area contributed by atoms with E-state index in [2.05, 4.69) is 9.97 Å². The fraction of sp³-hybridized carbons (Fsp3) is 0.600. The zero-order chi connectivity index (χ0) is 13.2. The molecule has 1 aromatic heterocycles. The van der Waals surface area contributed by atoms with Crippen molar-refractivity contribution < 1.29 is 13.2 Å². The van der Waals surface area contributed by atoms with E-state index in [-0.39, 0.29) is 23.3 Å². The van der Waals surface area contributed by atoms with E-state index in [1.807, 2.05) is 36.4 Å². The molecule has 0 saturated heterocycles. The van der Waals surface area contributed by atoms with E-state index in [1.54, 1.807) is 0 Å². The molecule has 0 aliphatic rings. The Morgan fingerprint density at radius 3 is 2.35 bits per heavy atom. The maximum atomic E-state index is 12.1. The first kappa shape index (κ1) is 14.9. The van der Waals surface area contributed by atoms with Gasteiger partial charge >= 0.3 is 6.18 Å². The Labute approximate surface area is 116 Å². The number of aryl methyl sites for hydroxylation is 1. The smallest absolute Gasteiger partial charge is 0.236 e. The van der Waals surface area contributed by atoms with Crippen LogP contribution in [0.15, 0.2) is 0 Å². The van der Waals surface area contributed by atoms with Crippen molar-refractivity contribution in [2.24, 2.45) is 0 Å². The summed E-state index contributed by atoms with van der Waals surface area (Å²) >= 11 is 7.88. The topological polar surface area (TPSA) is 25.8 Å². The lowest BCUT2D eigenvalue weighted by atomic mass is 10.1. The molecule has 2 nitrogen and oxygen atoms in total. The number of rotatable bonds is 3. The molecule has 7 heteroatoms. The molecule has 96 valence electrons. The van der Waals surface area contributed by atoms with Gasteiger partial charge in [-0.15, -0.1) is 0 Å². The quantitative estimate of drug-likeness (QED) is 0.577. The highest BCUT2D eigenvalue weighted by atomic mass is 127. The lowest BCUT2D eigenvalue weighted by molar-refractivity contribution is -0.134. The summed E-state index contributed by atoms with van der Waals surface area (Å²) in [5.41, 5.74) is 0.697. The van der Waals surface area contributed by atoms with Crippen molar-refractivity contribution in [1.82, 2.24) is 9.97 Å². The Morgan fingerprint density at radius 1 is 1.29 bits per heavy atom. The number of hydrogen-bond donors (Lipinski definition) is 0. The van der Waals surface area contributed by atoms with Gasteiger partial charge in [-0.05, 0) is 28.5 Å². The van der Waals surface area contributed by atoms with E-state index in [0.29, 0.717) is 9.26 Å². The van der Waals surface area contributed by atoms with Crippen molar-refractivity contribution in [3.8, 4) is 0 Å². The van der Waals surface area contributed by atoms with Crippen LogP contribution in [0.5, 0.6) is 0 Å². The lowest BCUT2D eigenvalue weighted by Gasteiger charge is -2.11. The zero-order valence-electron chi connectivity index (χ0n) is 9.28. The summed E-state index contributed by atoms with van der Waals surface area (Å²) in [7, 11) is 0. The molecule has 0 aliphatic heterocycles. The summed E-state index contributed by atoms with van der Waals surface area (Å²) in [6.07, 6.45) is -5.36. The first-order valence-corrected chi connectivity index (χ1v) is 6.45. The predicted molar refractivity (Wildman–Crippen MR) is 68.2 cm³/mol. The van der Waals surface area contributed by atoms with Gasteiger partial charge < -0.3 is 0 Å². The van der Waals surface area contributed by atoms with Crippen LogP contribution in [0.2, 0.25) is 5.15 Å². The summed E-state index contributed by atoms with van der Waals surface area (Å²) < 4.78 is 37.0. The van der Waals surface area contributed by atoms with Gasteiger partial charge in [-0.3, -0.25) is 0 Å². The van der Waals surface area contributed by atoms with Crippen molar-refractivity contribution in [2.75, 3.05) is 0 Å². The molecule has 0 amide bonds. The van der Waals surface area contributed by atoms with E-state index in [0.717, 1.165) is 0 Å². The average Bonchev–Trinajstić information content (AvgIpc) is 2.18. The van der Waals surface area contributed by atoms with Crippen LogP contribution in [0.3, 0.4) is 0 Å². The van der Waals surface area contributed by atoms with Gasteiger partial charge in [0, 0.05) is 6.42 Å². The molecule has 0 aliphatic carbocycles. The Hall–Kier alpha value is -0.110. The van der Waals surface area contributed by atoms with Crippen LogP contribution in [-0.2, 0) is 6.42 Å². The fourth-order valence-corrected chi connectivity index (χ4v) is 2.29. The Bertz CT molecular complexity index is 407. The van der Waals surface area contributed by atoms with Gasteiger partial charge in [-0.1, -0.05) is 25.4 Å². The molecular weight excluding hydrogens is 367 g/mol. The normalized spacial score (nSPS) is 12.2. The molecular formula is C10H11ClF3IN2. The van der Waals surface area contributed by atoms with Crippen LogP contribution >= 0.6 is 34.2 Å². The van der Waals surface area contributed by atoms with Crippen LogP contribution < -0.4 is 0 Å². The molecule has 1 aromatic rings. The number of hydrogen-bond acceptors (Lipinski definition) is 2. The molecule has 0 aromatic carbocycles. The molecule has 0 N–H and O–H groups in total. The van der Waals surface area contributed by atoms with Gasteiger partial charge in [0.2, 0.25) is 0 Å². The maximum Gasteiger partial charge on any atom is 0.389 e. The highest BCUT2D eigenvalue weighted by Gasteiger charge is 2.27. The van der Waals surface area contributed by atoms with E-state index in [1.165, 1.54) is 0 Å². The third-order valence-electron chi connectivity index (χ3n) is 2.06. The number of aromatic nitrogens is 2. The summed E-state index contributed by atoms with van der Waals surface area (Å²) in [6.45, 7) is 3.82.